The number of aromatic nitrogens is 2. The molecule has 0 aliphatic carbocycles. The second-order valence-corrected chi connectivity index (χ2v) is 8.40. The molecule has 10 heteroatoms. The van der Waals surface area contributed by atoms with E-state index in [0.717, 1.165) is 18.0 Å². The minimum absolute atomic E-state index is 0.0432. The molecular formula is C11H12N2O5S3. The molecule has 0 aromatic carbocycles. The van der Waals surface area contributed by atoms with Gasteiger partial charge in [-0.1, -0.05) is 11.8 Å². The van der Waals surface area contributed by atoms with E-state index in [1.54, 1.807) is 11.4 Å². The Bertz CT molecular complexity index is 837. The summed E-state index contributed by atoms with van der Waals surface area (Å²) in [6.07, 6.45) is 1.08. The molecular weight excluding hydrogens is 336 g/mol. The first-order valence-corrected chi connectivity index (χ1v) is 9.71. The molecule has 7 nitrogen and oxygen atoms in total. The molecule has 0 unspecified atom stereocenters. The van der Waals surface area contributed by atoms with Gasteiger partial charge >= 0.3 is 5.97 Å². The van der Waals surface area contributed by atoms with Crippen LogP contribution in [0.3, 0.4) is 0 Å². The lowest BCUT2D eigenvalue weighted by Crippen LogP contribution is -2.26. The Labute approximate surface area is 128 Å². The highest BCUT2D eigenvalue weighted by atomic mass is 32.2. The maximum absolute atomic E-state index is 12.3. The predicted molar refractivity (Wildman–Crippen MR) is 82.0 cm³/mol. The molecule has 0 atom stereocenters. The van der Waals surface area contributed by atoms with Crippen molar-refractivity contribution in [3.8, 4) is 0 Å². The van der Waals surface area contributed by atoms with Crippen LogP contribution in [0.15, 0.2) is 21.4 Å². The maximum Gasteiger partial charge on any atom is 0.313 e. The summed E-state index contributed by atoms with van der Waals surface area (Å²) >= 11 is 2.18. The summed E-state index contributed by atoms with van der Waals surface area (Å²) in [7, 11) is -3.24. The van der Waals surface area contributed by atoms with Gasteiger partial charge in [-0.05, 0) is 11.4 Å². The van der Waals surface area contributed by atoms with E-state index < -0.39 is 15.8 Å². The van der Waals surface area contributed by atoms with Crippen LogP contribution in [0.1, 0.15) is 0 Å². The highest BCUT2D eigenvalue weighted by Gasteiger charge is 2.15. The Morgan fingerprint density at radius 2 is 2.24 bits per heavy atom. The second-order valence-electron chi connectivity index (χ2n) is 4.30. The summed E-state index contributed by atoms with van der Waals surface area (Å²) in [4.78, 5) is 27.8. The molecule has 0 saturated heterocycles. The third-order valence-electron chi connectivity index (χ3n) is 2.56. The van der Waals surface area contributed by atoms with Crippen LogP contribution in [0.5, 0.6) is 0 Å². The summed E-state index contributed by atoms with van der Waals surface area (Å²) in [5, 5.41) is 11.1. The fourth-order valence-corrected chi connectivity index (χ4v) is 3.69. The standard InChI is InChI=1S/C11H12N2O5S3/c1-21(17,18)5-3-13-10(16)7-2-4-19-9(7)12-11(13)20-6-8(14)15/h2,4H,3,5-6H2,1H3,(H,14,15). The van der Waals surface area contributed by atoms with Crippen molar-refractivity contribution in [2.24, 2.45) is 0 Å². The van der Waals surface area contributed by atoms with Crippen molar-refractivity contribution in [1.29, 1.82) is 0 Å². The van der Waals surface area contributed by atoms with Gasteiger partial charge in [-0.15, -0.1) is 11.3 Å². The zero-order chi connectivity index (χ0) is 15.6. The van der Waals surface area contributed by atoms with E-state index in [-0.39, 0.29) is 28.8 Å². The van der Waals surface area contributed by atoms with E-state index in [2.05, 4.69) is 4.98 Å². The number of sulfone groups is 1. The SMILES string of the molecule is CS(=O)(=O)CCn1c(SCC(=O)O)nc2sccc2c1=O. The van der Waals surface area contributed by atoms with Crippen LogP contribution in [0, 0.1) is 0 Å². The lowest BCUT2D eigenvalue weighted by atomic mass is 10.4. The average Bonchev–Trinajstić information content (AvgIpc) is 2.82. The summed E-state index contributed by atoms with van der Waals surface area (Å²) in [6, 6.07) is 1.62. The maximum atomic E-state index is 12.3. The molecule has 0 aliphatic heterocycles. The van der Waals surface area contributed by atoms with Gasteiger partial charge in [-0.25, -0.2) is 13.4 Å². The van der Waals surface area contributed by atoms with Crippen LogP contribution in [0.4, 0.5) is 0 Å². The predicted octanol–water partition coefficient (Wildman–Crippen LogP) is 0.679. The summed E-state index contributed by atoms with van der Waals surface area (Å²) in [5.74, 6) is -1.48. The third kappa shape index (κ3) is 4.05. The molecule has 0 fully saturated rings. The fourth-order valence-electron chi connectivity index (χ4n) is 1.62. The van der Waals surface area contributed by atoms with E-state index in [1.165, 1.54) is 15.9 Å². The van der Waals surface area contributed by atoms with E-state index in [9.17, 15) is 18.0 Å². The molecule has 1 N–H and O–H groups in total. The van der Waals surface area contributed by atoms with Crippen LogP contribution in [-0.2, 0) is 21.2 Å². The number of thiophene rings is 1. The molecule has 2 rings (SSSR count). The average molecular weight is 348 g/mol. The van der Waals surface area contributed by atoms with E-state index in [1.807, 2.05) is 0 Å². The Kier molecular flexibility index (Phi) is 4.69. The number of aliphatic carboxylic acids is 1. The van der Waals surface area contributed by atoms with Crippen molar-refractivity contribution in [1.82, 2.24) is 9.55 Å². The number of rotatable bonds is 6. The van der Waals surface area contributed by atoms with Gasteiger partial charge in [0.05, 0.1) is 16.9 Å². The highest BCUT2D eigenvalue weighted by Crippen LogP contribution is 2.21. The molecule has 0 spiro atoms. The van der Waals surface area contributed by atoms with Crippen molar-refractivity contribution >= 4 is 49.1 Å². The third-order valence-corrected chi connectivity index (χ3v) is 5.25. The molecule has 2 heterocycles. The Balaban J connectivity index is 2.46. The van der Waals surface area contributed by atoms with Gasteiger partial charge in [0.2, 0.25) is 0 Å². The zero-order valence-corrected chi connectivity index (χ0v) is 13.4. The van der Waals surface area contributed by atoms with E-state index in [0.29, 0.717) is 10.2 Å². The highest BCUT2D eigenvalue weighted by molar-refractivity contribution is 7.99. The number of carbonyl (C=O) groups is 1. The minimum Gasteiger partial charge on any atom is -0.481 e. The van der Waals surface area contributed by atoms with Gasteiger partial charge in [-0.3, -0.25) is 14.2 Å². The van der Waals surface area contributed by atoms with Gasteiger partial charge in [0.15, 0.2) is 5.16 Å². The van der Waals surface area contributed by atoms with Crippen molar-refractivity contribution in [3.05, 3.63) is 21.8 Å². The first kappa shape index (κ1) is 16.0. The Morgan fingerprint density at radius 1 is 1.52 bits per heavy atom. The fraction of sp³-hybridized carbons (Fsp3) is 0.364. The first-order chi connectivity index (χ1) is 9.78. The van der Waals surface area contributed by atoms with Gasteiger partial charge in [0.1, 0.15) is 14.7 Å². The van der Waals surface area contributed by atoms with Gasteiger partial charge in [0, 0.05) is 12.8 Å². The quantitative estimate of drug-likeness (QED) is 0.604. The normalized spacial score (nSPS) is 11.9. The van der Waals surface area contributed by atoms with Gasteiger partial charge in [-0.2, -0.15) is 0 Å². The van der Waals surface area contributed by atoms with E-state index in [4.69, 9.17) is 5.11 Å². The van der Waals surface area contributed by atoms with Crippen LogP contribution in [0.2, 0.25) is 0 Å². The smallest absolute Gasteiger partial charge is 0.313 e. The Morgan fingerprint density at radius 3 is 2.86 bits per heavy atom. The second kappa shape index (κ2) is 6.16. The molecule has 2 aromatic rings. The summed E-state index contributed by atoms with van der Waals surface area (Å²) in [5.41, 5.74) is -0.349. The minimum atomic E-state index is -3.24. The molecule has 2 aromatic heterocycles. The molecule has 0 saturated carbocycles. The number of nitrogens with zero attached hydrogens (tertiary/aromatic N) is 2. The van der Waals surface area contributed by atoms with Crippen LogP contribution >= 0.6 is 23.1 Å². The van der Waals surface area contributed by atoms with Crippen LogP contribution < -0.4 is 5.56 Å². The number of hydrogen-bond acceptors (Lipinski definition) is 7. The number of fused-ring (bicyclic) bond motifs is 1. The van der Waals surface area contributed by atoms with Crippen molar-refractivity contribution in [2.75, 3.05) is 17.8 Å². The number of hydrogen-bond donors (Lipinski definition) is 1. The molecule has 21 heavy (non-hydrogen) atoms. The Hall–Kier alpha value is -1.39. The first-order valence-electron chi connectivity index (χ1n) is 5.78. The molecule has 0 amide bonds. The van der Waals surface area contributed by atoms with Gasteiger partial charge in [0.25, 0.3) is 5.56 Å². The lowest BCUT2D eigenvalue weighted by molar-refractivity contribution is -0.133. The summed E-state index contributed by atoms with van der Waals surface area (Å²) in [6.45, 7) is -0.0432. The molecule has 0 aliphatic rings. The molecule has 0 radical (unpaired) electrons. The van der Waals surface area contributed by atoms with Crippen molar-refractivity contribution in [2.45, 2.75) is 11.7 Å². The summed E-state index contributed by atoms with van der Waals surface area (Å²) < 4.78 is 23.8. The zero-order valence-electron chi connectivity index (χ0n) is 11.0. The van der Waals surface area contributed by atoms with Crippen molar-refractivity contribution < 1.29 is 18.3 Å². The van der Waals surface area contributed by atoms with Gasteiger partial charge < -0.3 is 5.11 Å². The lowest BCUT2D eigenvalue weighted by Gasteiger charge is -2.10. The number of thioether (sulfide) groups is 1. The number of carboxylic acids is 1. The monoisotopic (exact) mass is 348 g/mol. The van der Waals surface area contributed by atoms with E-state index >= 15 is 0 Å². The topological polar surface area (TPSA) is 106 Å². The molecule has 114 valence electrons. The molecule has 0 bridgehead atoms. The number of carboxylic acid groups (broad SMARTS) is 1. The van der Waals surface area contributed by atoms with Crippen LogP contribution in [0.25, 0.3) is 10.2 Å². The van der Waals surface area contributed by atoms with Crippen LogP contribution in [-0.4, -0.2) is 46.8 Å². The van der Waals surface area contributed by atoms with Crippen molar-refractivity contribution in [3.63, 3.8) is 0 Å². The largest absolute Gasteiger partial charge is 0.481 e.